The van der Waals surface area contributed by atoms with Crippen molar-refractivity contribution in [2.75, 3.05) is 4.90 Å². The topological polar surface area (TPSA) is 16.4 Å². The highest BCUT2D eigenvalue weighted by Crippen LogP contribution is 2.53. The molecule has 1 aliphatic rings. The summed E-state index contributed by atoms with van der Waals surface area (Å²) in [6.07, 6.45) is 3.36. The van der Waals surface area contributed by atoms with E-state index in [1.807, 2.05) is 0 Å². The molecule has 0 saturated heterocycles. The molecule has 274 valence electrons. The van der Waals surface area contributed by atoms with E-state index in [9.17, 15) is 0 Å². The van der Waals surface area contributed by atoms with Crippen LogP contribution in [-0.2, 0) is 10.8 Å². The minimum atomic E-state index is -0.117. The standard InChI is InChI=1S/C54H47NO/c1-6-54(7-2,8-3)38-25-27-39(28-26-38)55(40-29-30-47-46(34-40)45-32-36-17-9-10-18-37(36)33-48(45)53(47,4)5)49-31-24-35-16-11-12-19-41(35)51(49)44-22-15-21-43-42-20-13-14-23-50(42)56-52(43)44/h9-34H,6-8H2,1-5H3. The average molecular weight is 726 g/mol. The first-order valence-corrected chi connectivity index (χ1v) is 20.4. The third-order valence-electron chi connectivity index (χ3n) is 13.4. The molecule has 9 aromatic rings. The summed E-state index contributed by atoms with van der Waals surface area (Å²) in [7, 11) is 0. The minimum Gasteiger partial charge on any atom is -0.455 e. The molecule has 0 radical (unpaired) electrons. The van der Waals surface area contributed by atoms with Gasteiger partial charge in [0, 0.05) is 38.7 Å². The van der Waals surface area contributed by atoms with Crippen molar-refractivity contribution in [2.24, 2.45) is 0 Å². The van der Waals surface area contributed by atoms with Gasteiger partial charge >= 0.3 is 0 Å². The highest BCUT2D eigenvalue weighted by Gasteiger charge is 2.36. The number of benzene rings is 8. The van der Waals surface area contributed by atoms with Crippen LogP contribution in [0.5, 0.6) is 0 Å². The maximum absolute atomic E-state index is 6.76. The van der Waals surface area contributed by atoms with E-state index in [1.54, 1.807) is 0 Å². The summed E-state index contributed by atoms with van der Waals surface area (Å²) in [4.78, 5) is 2.49. The summed E-state index contributed by atoms with van der Waals surface area (Å²) in [5.41, 5.74) is 14.3. The van der Waals surface area contributed by atoms with Crippen molar-refractivity contribution < 1.29 is 4.42 Å². The first-order valence-electron chi connectivity index (χ1n) is 20.4. The molecule has 1 aliphatic carbocycles. The molecule has 0 amide bonds. The number of hydrogen-bond acceptors (Lipinski definition) is 2. The monoisotopic (exact) mass is 725 g/mol. The molecule has 1 heterocycles. The number of rotatable bonds is 8. The van der Waals surface area contributed by atoms with Crippen molar-refractivity contribution in [3.8, 4) is 22.3 Å². The van der Waals surface area contributed by atoms with Crippen LogP contribution >= 0.6 is 0 Å². The van der Waals surface area contributed by atoms with Crippen LogP contribution in [0.25, 0.3) is 65.7 Å². The van der Waals surface area contributed by atoms with Crippen LogP contribution in [0.15, 0.2) is 162 Å². The lowest BCUT2D eigenvalue weighted by Crippen LogP contribution is -2.23. The molecule has 0 aliphatic heterocycles. The lowest BCUT2D eigenvalue weighted by Gasteiger charge is -2.33. The van der Waals surface area contributed by atoms with Gasteiger partial charge in [0.2, 0.25) is 0 Å². The Morgan fingerprint density at radius 1 is 0.500 bits per heavy atom. The predicted octanol–water partition coefficient (Wildman–Crippen LogP) is 15.8. The van der Waals surface area contributed by atoms with Crippen molar-refractivity contribution in [1.29, 1.82) is 0 Å². The summed E-state index contributed by atoms with van der Waals surface area (Å²) in [6, 6.07) is 58.6. The number of hydrogen-bond donors (Lipinski definition) is 0. The summed E-state index contributed by atoms with van der Waals surface area (Å²) in [6.45, 7) is 11.7. The Kier molecular flexibility index (Phi) is 7.97. The Morgan fingerprint density at radius 2 is 1.12 bits per heavy atom. The van der Waals surface area contributed by atoms with Crippen molar-refractivity contribution in [3.05, 3.63) is 174 Å². The Bertz CT molecular complexity index is 2950. The lowest BCUT2D eigenvalue weighted by molar-refractivity contribution is 0.382. The van der Waals surface area contributed by atoms with Gasteiger partial charge in [-0.1, -0.05) is 144 Å². The third kappa shape index (κ3) is 5.08. The molecule has 8 aromatic carbocycles. The van der Waals surface area contributed by atoms with Gasteiger partial charge in [-0.15, -0.1) is 0 Å². The zero-order valence-electron chi connectivity index (χ0n) is 33.0. The van der Waals surface area contributed by atoms with E-state index < -0.39 is 0 Å². The number of anilines is 3. The van der Waals surface area contributed by atoms with Gasteiger partial charge in [-0.05, 0) is 123 Å². The second kappa shape index (κ2) is 13.0. The number of para-hydroxylation sites is 2. The summed E-state index contributed by atoms with van der Waals surface area (Å²) in [5.74, 6) is 0. The van der Waals surface area contributed by atoms with Crippen LogP contribution < -0.4 is 4.90 Å². The molecule has 0 saturated carbocycles. The minimum absolute atomic E-state index is 0.117. The second-order valence-electron chi connectivity index (χ2n) is 16.3. The van der Waals surface area contributed by atoms with E-state index >= 15 is 0 Å². The van der Waals surface area contributed by atoms with Gasteiger partial charge in [0.15, 0.2) is 0 Å². The Balaban J connectivity index is 1.26. The van der Waals surface area contributed by atoms with E-state index in [4.69, 9.17) is 4.42 Å². The van der Waals surface area contributed by atoms with E-state index in [0.29, 0.717) is 0 Å². The second-order valence-corrected chi connectivity index (χ2v) is 16.3. The van der Waals surface area contributed by atoms with Crippen molar-refractivity contribution in [3.63, 3.8) is 0 Å². The van der Waals surface area contributed by atoms with Gasteiger partial charge in [0.1, 0.15) is 11.2 Å². The largest absolute Gasteiger partial charge is 0.455 e. The normalized spacial score (nSPS) is 13.4. The van der Waals surface area contributed by atoms with Crippen molar-refractivity contribution >= 4 is 60.5 Å². The molecule has 0 unspecified atom stereocenters. The fourth-order valence-corrected chi connectivity index (χ4v) is 9.99. The molecule has 2 heteroatoms. The number of fused-ring (bicyclic) bond motifs is 8. The summed E-state index contributed by atoms with van der Waals surface area (Å²) in [5, 5.41) is 7.22. The number of nitrogens with zero attached hydrogens (tertiary/aromatic N) is 1. The fourth-order valence-electron chi connectivity index (χ4n) is 9.99. The summed E-state index contributed by atoms with van der Waals surface area (Å²) < 4.78 is 6.76. The highest BCUT2D eigenvalue weighted by molar-refractivity contribution is 6.15. The first-order chi connectivity index (χ1) is 27.3. The zero-order chi connectivity index (χ0) is 38.2. The van der Waals surface area contributed by atoms with E-state index in [-0.39, 0.29) is 10.8 Å². The van der Waals surface area contributed by atoms with E-state index in [2.05, 4.69) is 197 Å². The first kappa shape index (κ1) is 34.4. The Hall–Kier alpha value is -6.12. The summed E-state index contributed by atoms with van der Waals surface area (Å²) >= 11 is 0. The maximum atomic E-state index is 6.76. The molecular formula is C54H47NO. The molecule has 0 spiro atoms. The molecular weight excluding hydrogens is 679 g/mol. The number of furan rings is 1. The van der Waals surface area contributed by atoms with Crippen LogP contribution in [-0.4, -0.2) is 0 Å². The Morgan fingerprint density at radius 3 is 1.88 bits per heavy atom. The highest BCUT2D eigenvalue weighted by atomic mass is 16.3. The zero-order valence-corrected chi connectivity index (χ0v) is 33.0. The fraction of sp³-hybridized carbons (Fsp3) is 0.185. The Labute approximate surface area is 330 Å². The van der Waals surface area contributed by atoms with Crippen LogP contribution in [0.3, 0.4) is 0 Å². The van der Waals surface area contributed by atoms with Gasteiger partial charge in [0.25, 0.3) is 0 Å². The molecule has 0 N–H and O–H groups in total. The lowest BCUT2D eigenvalue weighted by atomic mass is 9.74. The SMILES string of the molecule is CCC(CC)(CC)c1ccc(N(c2ccc3c(c2)-c2cc4ccccc4cc2C3(C)C)c2ccc3ccccc3c2-c2cccc3c2oc2ccccc23)cc1. The third-order valence-corrected chi connectivity index (χ3v) is 13.4. The van der Waals surface area contributed by atoms with Crippen LogP contribution in [0.1, 0.15) is 70.6 Å². The molecule has 10 rings (SSSR count). The van der Waals surface area contributed by atoms with Crippen LogP contribution in [0.2, 0.25) is 0 Å². The molecule has 0 atom stereocenters. The predicted molar refractivity (Wildman–Crippen MR) is 239 cm³/mol. The van der Waals surface area contributed by atoms with Crippen LogP contribution in [0.4, 0.5) is 17.1 Å². The van der Waals surface area contributed by atoms with Crippen molar-refractivity contribution in [1.82, 2.24) is 0 Å². The smallest absolute Gasteiger partial charge is 0.143 e. The van der Waals surface area contributed by atoms with Crippen molar-refractivity contribution in [2.45, 2.75) is 64.7 Å². The van der Waals surface area contributed by atoms with Gasteiger partial charge in [-0.25, -0.2) is 0 Å². The quantitative estimate of drug-likeness (QED) is 0.155. The van der Waals surface area contributed by atoms with Gasteiger partial charge < -0.3 is 9.32 Å². The molecule has 0 fully saturated rings. The van der Waals surface area contributed by atoms with E-state index in [1.165, 1.54) is 49.4 Å². The van der Waals surface area contributed by atoms with Crippen LogP contribution in [0, 0.1) is 0 Å². The average Bonchev–Trinajstić information content (AvgIpc) is 3.73. The molecule has 56 heavy (non-hydrogen) atoms. The molecule has 1 aromatic heterocycles. The molecule has 0 bridgehead atoms. The van der Waals surface area contributed by atoms with Gasteiger partial charge in [0.05, 0.1) is 5.69 Å². The molecule has 2 nitrogen and oxygen atoms in total. The maximum Gasteiger partial charge on any atom is 0.143 e. The van der Waals surface area contributed by atoms with Gasteiger partial charge in [-0.3, -0.25) is 0 Å². The van der Waals surface area contributed by atoms with E-state index in [0.717, 1.165) is 69.4 Å². The van der Waals surface area contributed by atoms with Gasteiger partial charge in [-0.2, -0.15) is 0 Å².